The van der Waals surface area contributed by atoms with Crippen LogP contribution >= 0.6 is 11.3 Å². The van der Waals surface area contributed by atoms with Gasteiger partial charge in [0.15, 0.2) is 11.7 Å². The van der Waals surface area contributed by atoms with Gasteiger partial charge in [-0.3, -0.25) is 9.36 Å². The minimum Gasteiger partial charge on any atom is -0.461 e. The summed E-state index contributed by atoms with van der Waals surface area (Å²) in [5.41, 5.74) is 3.44. The molecule has 3 aromatic rings. The second-order valence-corrected chi connectivity index (χ2v) is 7.65. The van der Waals surface area contributed by atoms with Crippen molar-refractivity contribution < 1.29 is 23.9 Å². The molecule has 0 bridgehead atoms. The van der Waals surface area contributed by atoms with E-state index in [-0.39, 0.29) is 23.6 Å². The number of hydrogen-bond donors (Lipinski definition) is 1. The van der Waals surface area contributed by atoms with E-state index in [4.69, 9.17) is 9.47 Å². The minimum absolute atomic E-state index is 0.208. The van der Waals surface area contributed by atoms with Gasteiger partial charge in [0, 0.05) is 34.2 Å². The van der Waals surface area contributed by atoms with Gasteiger partial charge in [-0.2, -0.15) is 0 Å². The summed E-state index contributed by atoms with van der Waals surface area (Å²) in [4.78, 5) is 44.5. The van der Waals surface area contributed by atoms with E-state index < -0.39 is 18.5 Å². The van der Waals surface area contributed by atoms with Crippen LogP contribution in [-0.4, -0.2) is 45.5 Å². The Morgan fingerprint density at radius 1 is 1.13 bits per heavy atom. The van der Waals surface area contributed by atoms with Gasteiger partial charge in [0.25, 0.3) is 0 Å². The number of carbonyl (C=O) groups is 3. The number of nitrogens with one attached hydrogen (secondary N) is 1. The summed E-state index contributed by atoms with van der Waals surface area (Å²) in [5, 5.41) is 2.63. The van der Waals surface area contributed by atoms with Gasteiger partial charge in [0.2, 0.25) is 5.78 Å². The van der Waals surface area contributed by atoms with E-state index in [1.807, 2.05) is 23.8 Å². The number of H-pyrrole nitrogens is 1. The third kappa shape index (κ3) is 3.93. The molecule has 1 N–H and O–H groups in total. The van der Waals surface area contributed by atoms with Crippen molar-refractivity contribution in [2.45, 2.75) is 34.6 Å². The Morgan fingerprint density at radius 3 is 2.50 bits per heavy atom. The van der Waals surface area contributed by atoms with Gasteiger partial charge in [-0.15, -0.1) is 11.3 Å². The first-order chi connectivity index (χ1) is 14.3. The second-order valence-electron chi connectivity index (χ2n) is 6.78. The summed E-state index contributed by atoms with van der Waals surface area (Å²) < 4.78 is 12.2. The molecule has 3 aromatic heterocycles. The first-order valence-corrected chi connectivity index (χ1v) is 10.3. The maximum atomic E-state index is 12.7. The van der Waals surface area contributed by atoms with E-state index in [9.17, 15) is 14.4 Å². The summed E-state index contributed by atoms with van der Waals surface area (Å²) in [5.74, 6) is -1.52. The monoisotopic (exact) mass is 429 g/mol. The Labute approximate surface area is 177 Å². The normalized spacial score (nSPS) is 10.8. The van der Waals surface area contributed by atoms with E-state index in [0.717, 1.165) is 16.5 Å². The Hall–Kier alpha value is -3.20. The molecule has 0 atom stereocenters. The number of aromatic nitrogens is 3. The Kier molecular flexibility index (Phi) is 6.21. The largest absolute Gasteiger partial charge is 0.461 e. The first kappa shape index (κ1) is 21.5. The number of rotatable bonds is 7. The maximum Gasteiger partial charge on any atom is 0.355 e. The number of carbonyl (C=O) groups excluding carboxylic acids is 3. The van der Waals surface area contributed by atoms with Gasteiger partial charge >= 0.3 is 11.9 Å². The highest BCUT2D eigenvalue weighted by molar-refractivity contribution is 7.12. The number of ketones is 1. The van der Waals surface area contributed by atoms with Crippen molar-refractivity contribution in [1.82, 2.24) is 14.5 Å². The lowest BCUT2D eigenvalue weighted by atomic mass is 10.1. The molecule has 0 aromatic carbocycles. The predicted molar refractivity (Wildman–Crippen MR) is 112 cm³/mol. The average Bonchev–Trinajstić information content (AvgIpc) is 3.38. The molecule has 0 aliphatic rings. The lowest BCUT2D eigenvalue weighted by molar-refractivity contribution is 0.0473. The molecule has 3 rings (SSSR count). The fraction of sp³-hybridized carbons (Fsp3) is 0.333. The van der Waals surface area contributed by atoms with Crippen LogP contribution in [0.5, 0.6) is 0 Å². The average molecular weight is 429 g/mol. The summed E-state index contributed by atoms with van der Waals surface area (Å²) in [6.45, 7) is 8.54. The molecule has 0 saturated carbocycles. The van der Waals surface area contributed by atoms with E-state index in [2.05, 4.69) is 9.97 Å². The van der Waals surface area contributed by atoms with Crippen LogP contribution in [0.1, 0.15) is 60.8 Å². The summed E-state index contributed by atoms with van der Waals surface area (Å²) in [6.07, 6.45) is 1.70. The van der Waals surface area contributed by atoms with Gasteiger partial charge in [0.1, 0.15) is 5.69 Å². The zero-order chi connectivity index (χ0) is 22.0. The first-order valence-electron chi connectivity index (χ1n) is 9.41. The summed E-state index contributed by atoms with van der Waals surface area (Å²) >= 11 is 1.47. The van der Waals surface area contributed by atoms with Crippen LogP contribution in [0.25, 0.3) is 5.13 Å². The number of thiazole rings is 1. The van der Waals surface area contributed by atoms with Gasteiger partial charge in [0.05, 0.1) is 12.2 Å². The van der Waals surface area contributed by atoms with Crippen molar-refractivity contribution in [1.29, 1.82) is 0 Å². The van der Waals surface area contributed by atoms with Crippen molar-refractivity contribution >= 4 is 29.1 Å². The molecule has 0 aliphatic carbocycles. The Morgan fingerprint density at radius 2 is 1.87 bits per heavy atom. The molecule has 0 radical (unpaired) electrons. The summed E-state index contributed by atoms with van der Waals surface area (Å²) in [7, 11) is 0. The molecular weight excluding hydrogens is 406 g/mol. The number of aromatic amines is 1. The molecular formula is C21H23N3O5S. The molecule has 0 saturated heterocycles. The predicted octanol–water partition coefficient (Wildman–Crippen LogP) is 3.71. The standard InChI is InChI=1S/C21H23N3O5S/c1-6-28-20(27)18-12(3)17(13(4)23-18)19(26)29-10-16(25)15-9-11(2)24(14(15)5)21-22-7-8-30-21/h7-9,23H,6,10H2,1-5H3. The maximum absolute atomic E-state index is 12.7. The molecule has 158 valence electrons. The third-order valence-electron chi connectivity index (χ3n) is 4.80. The van der Waals surface area contributed by atoms with Crippen molar-refractivity contribution in [2.24, 2.45) is 0 Å². The fourth-order valence-electron chi connectivity index (χ4n) is 3.41. The number of esters is 2. The van der Waals surface area contributed by atoms with E-state index in [1.165, 1.54) is 11.3 Å². The summed E-state index contributed by atoms with van der Waals surface area (Å²) in [6, 6.07) is 1.76. The molecule has 3 heterocycles. The SMILES string of the molecule is CCOC(=O)c1[nH]c(C)c(C(=O)OCC(=O)c2cc(C)n(-c3nccs3)c2C)c1C. The van der Waals surface area contributed by atoms with Crippen LogP contribution in [0, 0.1) is 27.7 Å². The van der Waals surface area contributed by atoms with Gasteiger partial charge in [-0.05, 0) is 46.2 Å². The number of aryl methyl sites for hydroxylation is 2. The van der Waals surface area contributed by atoms with Crippen LogP contribution < -0.4 is 0 Å². The van der Waals surface area contributed by atoms with Crippen LogP contribution in [0.15, 0.2) is 17.6 Å². The number of hydrogen-bond acceptors (Lipinski definition) is 7. The van der Waals surface area contributed by atoms with Crippen molar-refractivity contribution in [3.05, 3.63) is 57.1 Å². The molecule has 0 spiro atoms. The third-order valence-corrected chi connectivity index (χ3v) is 5.55. The van der Waals surface area contributed by atoms with Gasteiger partial charge in [-0.1, -0.05) is 0 Å². The zero-order valence-electron chi connectivity index (χ0n) is 17.5. The van der Waals surface area contributed by atoms with Crippen LogP contribution in [0.4, 0.5) is 0 Å². The molecule has 9 heteroatoms. The van der Waals surface area contributed by atoms with Crippen LogP contribution in [0.2, 0.25) is 0 Å². The lowest BCUT2D eigenvalue weighted by Crippen LogP contribution is -2.16. The second kappa shape index (κ2) is 8.66. The highest BCUT2D eigenvalue weighted by Gasteiger charge is 2.25. The van der Waals surface area contributed by atoms with E-state index in [0.29, 0.717) is 16.8 Å². The molecule has 0 fully saturated rings. The molecule has 0 amide bonds. The highest BCUT2D eigenvalue weighted by Crippen LogP contribution is 2.23. The van der Waals surface area contributed by atoms with E-state index in [1.54, 1.807) is 33.0 Å². The Bertz CT molecular complexity index is 1110. The number of ether oxygens (including phenoxy) is 2. The Balaban J connectivity index is 1.75. The minimum atomic E-state index is -0.668. The fourth-order valence-corrected chi connectivity index (χ4v) is 4.16. The van der Waals surface area contributed by atoms with Crippen molar-refractivity contribution in [3.63, 3.8) is 0 Å². The topological polar surface area (TPSA) is 103 Å². The van der Waals surface area contributed by atoms with E-state index >= 15 is 0 Å². The molecule has 8 nitrogen and oxygen atoms in total. The van der Waals surface area contributed by atoms with Crippen molar-refractivity contribution in [2.75, 3.05) is 13.2 Å². The zero-order valence-corrected chi connectivity index (χ0v) is 18.3. The highest BCUT2D eigenvalue weighted by atomic mass is 32.1. The van der Waals surface area contributed by atoms with Gasteiger partial charge in [-0.25, -0.2) is 14.6 Å². The molecule has 30 heavy (non-hydrogen) atoms. The smallest absolute Gasteiger partial charge is 0.355 e. The quantitative estimate of drug-likeness (QED) is 0.454. The number of nitrogens with zero attached hydrogens (tertiary/aromatic N) is 2. The van der Waals surface area contributed by atoms with Crippen LogP contribution in [-0.2, 0) is 9.47 Å². The molecule has 0 aliphatic heterocycles. The van der Waals surface area contributed by atoms with Crippen LogP contribution in [0.3, 0.4) is 0 Å². The van der Waals surface area contributed by atoms with Gasteiger partial charge < -0.3 is 14.5 Å². The van der Waals surface area contributed by atoms with Crippen molar-refractivity contribution in [3.8, 4) is 5.13 Å². The lowest BCUT2D eigenvalue weighted by Gasteiger charge is -2.07. The number of Topliss-reactive ketones (excluding diaryl/α,β-unsaturated/α-hetero) is 1. The molecule has 0 unspecified atom stereocenters.